The molecule has 88 valence electrons. The molecule has 0 amide bonds. The number of hydrogen-bond acceptors (Lipinski definition) is 5. The maximum atomic E-state index is 11.9. The summed E-state index contributed by atoms with van der Waals surface area (Å²) in [5.41, 5.74) is -0.392. The molecule has 7 nitrogen and oxygen atoms in total. The fourth-order valence-electron chi connectivity index (χ4n) is 1.38. The molecule has 0 saturated carbocycles. The molecule has 1 aromatic rings. The second kappa shape index (κ2) is 5.18. The maximum Gasteiger partial charge on any atom is 0.371 e. The van der Waals surface area contributed by atoms with E-state index in [4.69, 9.17) is 0 Å². The zero-order valence-corrected chi connectivity index (χ0v) is 9.60. The van der Waals surface area contributed by atoms with E-state index in [0.717, 1.165) is 10.8 Å². The standard InChI is InChI=1S/C9H15N5O2/c1-4-12(5-2)14-9(16)13(6-7-15)8(10-3)11-14/h6H,4-5H2,1-3H3,(H,10,11). The molecule has 1 aromatic heterocycles. The van der Waals surface area contributed by atoms with Crippen LogP contribution in [0.1, 0.15) is 13.8 Å². The topological polar surface area (TPSA) is 72.2 Å². The van der Waals surface area contributed by atoms with E-state index in [1.165, 1.54) is 4.79 Å². The first-order valence-electron chi connectivity index (χ1n) is 5.05. The summed E-state index contributed by atoms with van der Waals surface area (Å²) in [7, 11) is 1.63. The van der Waals surface area contributed by atoms with Crippen molar-refractivity contribution < 1.29 is 4.79 Å². The van der Waals surface area contributed by atoms with Gasteiger partial charge < -0.3 is 5.32 Å². The van der Waals surface area contributed by atoms with Crippen molar-refractivity contribution in [1.29, 1.82) is 0 Å². The first kappa shape index (κ1) is 12.1. The Morgan fingerprint density at radius 2 is 2.12 bits per heavy atom. The van der Waals surface area contributed by atoms with Gasteiger partial charge in [0.05, 0.1) is 0 Å². The van der Waals surface area contributed by atoms with Gasteiger partial charge in [0.15, 0.2) is 0 Å². The summed E-state index contributed by atoms with van der Waals surface area (Å²) in [6, 6.07) is 0. The zero-order valence-electron chi connectivity index (χ0n) is 9.60. The van der Waals surface area contributed by atoms with Crippen molar-refractivity contribution in [3.63, 3.8) is 0 Å². The maximum absolute atomic E-state index is 11.9. The fourth-order valence-corrected chi connectivity index (χ4v) is 1.38. The second-order valence-electron chi connectivity index (χ2n) is 3.00. The molecule has 0 bridgehead atoms. The summed E-state index contributed by atoms with van der Waals surface area (Å²) >= 11 is 0. The first-order chi connectivity index (χ1) is 7.69. The van der Waals surface area contributed by atoms with Crippen LogP contribution in [-0.2, 0) is 4.79 Å². The summed E-state index contributed by atoms with van der Waals surface area (Å²) in [4.78, 5) is 23.4. The molecule has 16 heavy (non-hydrogen) atoms. The van der Waals surface area contributed by atoms with Crippen LogP contribution in [0.15, 0.2) is 4.79 Å². The summed E-state index contributed by atoms with van der Waals surface area (Å²) in [6.07, 6.45) is 1.02. The summed E-state index contributed by atoms with van der Waals surface area (Å²) in [6.45, 7) is 5.15. The summed E-state index contributed by atoms with van der Waals surface area (Å²) in [5.74, 6) is 1.87. The molecule has 0 aliphatic carbocycles. The molecule has 0 unspecified atom stereocenters. The van der Waals surface area contributed by atoms with Crippen LogP contribution < -0.4 is 16.0 Å². The average molecular weight is 225 g/mol. The number of nitrogens with zero attached hydrogens (tertiary/aromatic N) is 4. The van der Waals surface area contributed by atoms with E-state index in [2.05, 4.69) is 10.4 Å². The van der Waals surface area contributed by atoms with Crippen LogP contribution >= 0.6 is 0 Å². The van der Waals surface area contributed by atoms with E-state index in [1.807, 2.05) is 13.8 Å². The Labute approximate surface area is 92.9 Å². The lowest BCUT2D eigenvalue weighted by molar-refractivity contribution is 0.538. The predicted octanol–water partition coefficient (Wildman–Crippen LogP) is -0.633. The lowest BCUT2D eigenvalue weighted by atomic mass is 10.6. The predicted molar refractivity (Wildman–Crippen MR) is 61.8 cm³/mol. The number of aromatic nitrogens is 3. The Morgan fingerprint density at radius 3 is 2.56 bits per heavy atom. The molecule has 0 saturated heterocycles. The van der Waals surface area contributed by atoms with Crippen molar-refractivity contribution in [2.24, 2.45) is 0 Å². The van der Waals surface area contributed by atoms with E-state index in [0.29, 0.717) is 19.0 Å². The summed E-state index contributed by atoms with van der Waals surface area (Å²) in [5, 5.41) is 8.55. The third kappa shape index (κ3) is 1.99. The summed E-state index contributed by atoms with van der Waals surface area (Å²) < 4.78 is 1.12. The van der Waals surface area contributed by atoms with Gasteiger partial charge in [-0.1, -0.05) is 0 Å². The van der Waals surface area contributed by atoms with Gasteiger partial charge in [-0.25, -0.2) is 14.2 Å². The minimum absolute atomic E-state index is 0.306. The zero-order chi connectivity index (χ0) is 12.1. The van der Waals surface area contributed by atoms with Gasteiger partial charge in [-0.3, -0.25) is 5.01 Å². The molecule has 0 fully saturated rings. The highest BCUT2D eigenvalue weighted by Crippen LogP contribution is 1.98. The van der Waals surface area contributed by atoms with Gasteiger partial charge >= 0.3 is 5.69 Å². The Balaban J connectivity index is 3.33. The van der Waals surface area contributed by atoms with Crippen LogP contribution in [-0.4, -0.2) is 40.5 Å². The normalized spacial score (nSPS) is 9.69. The molecule has 0 aliphatic rings. The quantitative estimate of drug-likeness (QED) is 0.675. The Hall–Kier alpha value is -2.01. The minimum Gasteiger partial charge on any atom is -0.357 e. The molecule has 1 heterocycles. The first-order valence-corrected chi connectivity index (χ1v) is 5.05. The number of nitrogens with one attached hydrogen (secondary N) is 1. The third-order valence-electron chi connectivity index (χ3n) is 2.20. The molecular weight excluding hydrogens is 210 g/mol. The van der Waals surface area contributed by atoms with E-state index < -0.39 is 5.69 Å². The van der Waals surface area contributed by atoms with Gasteiger partial charge in [-0.05, 0) is 13.8 Å². The molecule has 7 heteroatoms. The lowest BCUT2D eigenvalue weighted by Gasteiger charge is -2.18. The van der Waals surface area contributed by atoms with Gasteiger partial charge in [-0.2, -0.15) is 0 Å². The SMILES string of the molecule is CCN(CC)n1nc(NC)n(C=C=O)c1=O. The smallest absolute Gasteiger partial charge is 0.357 e. The lowest BCUT2D eigenvalue weighted by Crippen LogP contribution is -2.42. The molecule has 1 N–H and O–H groups in total. The van der Waals surface area contributed by atoms with E-state index in [-0.39, 0.29) is 0 Å². The van der Waals surface area contributed by atoms with Crippen LogP contribution in [0.25, 0.3) is 6.20 Å². The van der Waals surface area contributed by atoms with Crippen LogP contribution in [0, 0.1) is 0 Å². The number of hydrogen-bond donors (Lipinski definition) is 1. The Kier molecular flexibility index (Phi) is 3.90. The van der Waals surface area contributed by atoms with Crippen molar-refractivity contribution in [2.75, 3.05) is 30.5 Å². The molecule has 0 aliphatic heterocycles. The van der Waals surface area contributed by atoms with Gasteiger partial charge in [0.2, 0.25) is 5.95 Å². The molecule has 0 atom stereocenters. The van der Waals surface area contributed by atoms with Crippen molar-refractivity contribution in [2.45, 2.75) is 13.8 Å². The largest absolute Gasteiger partial charge is 0.371 e. The molecule has 1 rings (SSSR count). The van der Waals surface area contributed by atoms with Crippen LogP contribution in [0.2, 0.25) is 0 Å². The molecule has 0 aromatic carbocycles. The van der Waals surface area contributed by atoms with Gasteiger partial charge in [0, 0.05) is 20.1 Å². The fraction of sp³-hybridized carbons (Fsp3) is 0.556. The van der Waals surface area contributed by atoms with Gasteiger partial charge in [0.1, 0.15) is 12.1 Å². The Bertz CT molecular complexity index is 451. The number of rotatable bonds is 5. The highest BCUT2D eigenvalue weighted by atomic mass is 16.2. The van der Waals surface area contributed by atoms with Crippen molar-refractivity contribution in [1.82, 2.24) is 14.5 Å². The number of carbonyl (C=O) groups excluding carboxylic acids is 1. The third-order valence-corrected chi connectivity index (χ3v) is 2.20. The molecule has 0 spiro atoms. The minimum atomic E-state index is -0.392. The van der Waals surface area contributed by atoms with Gasteiger partial charge in [0.25, 0.3) is 0 Å². The Morgan fingerprint density at radius 1 is 1.50 bits per heavy atom. The number of anilines is 1. The van der Waals surface area contributed by atoms with Crippen molar-refractivity contribution >= 4 is 18.1 Å². The van der Waals surface area contributed by atoms with Crippen LogP contribution in [0.3, 0.4) is 0 Å². The molecular formula is C9H15N5O2. The van der Waals surface area contributed by atoms with E-state index in [1.54, 1.807) is 18.0 Å². The van der Waals surface area contributed by atoms with E-state index in [9.17, 15) is 9.59 Å². The highest BCUT2D eigenvalue weighted by Gasteiger charge is 2.13. The highest BCUT2D eigenvalue weighted by molar-refractivity contribution is 5.65. The van der Waals surface area contributed by atoms with Crippen molar-refractivity contribution in [3.8, 4) is 0 Å². The van der Waals surface area contributed by atoms with Crippen molar-refractivity contribution in [3.05, 3.63) is 10.5 Å². The van der Waals surface area contributed by atoms with E-state index >= 15 is 0 Å². The average Bonchev–Trinajstić information content (AvgIpc) is 2.60. The van der Waals surface area contributed by atoms with Crippen LogP contribution in [0.4, 0.5) is 5.95 Å². The monoisotopic (exact) mass is 225 g/mol. The van der Waals surface area contributed by atoms with Crippen LogP contribution in [0.5, 0.6) is 0 Å². The molecule has 0 radical (unpaired) electrons. The van der Waals surface area contributed by atoms with Gasteiger partial charge in [-0.15, -0.1) is 9.89 Å². The second-order valence-corrected chi connectivity index (χ2v) is 3.00.